The standard InChI is InChI=1S/C17H22N2O2/c1-3-15-16(7-4-12(2)19-15)21-11-13-8-9-20-17(13)10-18-14-5-6-14/h4,7-9,14,18H,3,5-6,10-11H2,1-2H3. The fourth-order valence-corrected chi connectivity index (χ4v) is 2.31. The molecular weight excluding hydrogens is 264 g/mol. The first-order valence-electron chi connectivity index (χ1n) is 7.64. The van der Waals surface area contributed by atoms with Crippen molar-refractivity contribution in [3.05, 3.63) is 47.2 Å². The van der Waals surface area contributed by atoms with Gasteiger partial charge < -0.3 is 14.5 Å². The van der Waals surface area contributed by atoms with Crippen LogP contribution in [0.5, 0.6) is 5.75 Å². The number of hydrogen-bond donors (Lipinski definition) is 1. The van der Waals surface area contributed by atoms with Gasteiger partial charge in [0.15, 0.2) is 0 Å². The number of rotatable bonds is 7. The van der Waals surface area contributed by atoms with E-state index >= 15 is 0 Å². The molecule has 1 saturated carbocycles. The maximum absolute atomic E-state index is 5.94. The zero-order chi connectivity index (χ0) is 14.7. The molecule has 0 spiro atoms. The van der Waals surface area contributed by atoms with E-state index < -0.39 is 0 Å². The molecule has 2 heterocycles. The monoisotopic (exact) mass is 286 g/mol. The van der Waals surface area contributed by atoms with Crippen LogP contribution < -0.4 is 10.1 Å². The van der Waals surface area contributed by atoms with Crippen LogP contribution in [-0.4, -0.2) is 11.0 Å². The normalized spacial score (nSPS) is 14.4. The van der Waals surface area contributed by atoms with Crippen LogP contribution in [0.15, 0.2) is 28.9 Å². The third-order valence-electron chi connectivity index (χ3n) is 3.76. The molecule has 0 unspecified atom stereocenters. The van der Waals surface area contributed by atoms with Crippen molar-refractivity contribution in [2.45, 2.75) is 52.3 Å². The summed E-state index contributed by atoms with van der Waals surface area (Å²) in [6.45, 7) is 5.40. The van der Waals surface area contributed by atoms with Crippen molar-refractivity contribution in [3.63, 3.8) is 0 Å². The van der Waals surface area contributed by atoms with E-state index in [1.54, 1.807) is 6.26 Å². The van der Waals surface area contributed by atoms with Gasteiger partial charge in [-0.15, -0.1) is 0 Å². The van der Waals surface area contributed by atoms with Crippen LogP contribution in [-0.2, 0) is 19.6 Å². The largest absolute Gasteiger partial charge is 0.487 e. The Kier molecular flexibility index (Phi) is 4.25. The highest BCUT2D eigenvalue weighted by atomic mass is 16.5. The number of nitrogens with zero attached hydrogens (tertiary/aromatic N) is 1. The molecule has 0 aromatic carbocycles. The zero-order valence-corrected chi connectivity index (χ0v) is 12.7. The van der Waals surface area contributed by atoms with Crippen LogP contribution in [0, 0.1) is 6.92 Å². The van der Waals surface area contributed by atoms with E-state index in [2.05, 4.69) is 17.2 Å². The first kappa shape index (κ1) is 14.1. The van der Waals surface area contributed by atoms with Gasteiger partial charge in [0, 0.05) is 17.3 Å². The van der Waals surface area contributed by atoms with E-state index in [-0.39, 0.29) is 0 Å². The lowest BCUT2D eigenvalue weighted by atomic mass is 10.2. The average molecular weight is 286 g/mol. The number of aromatic nitrogens is 1. The van der Waals surface area contributed by atoms with Gasteiger partial charge in [0.2, 0.25) is 0 Å². The molecule has 0 saturated heterocycles. The molecule has 4 nitrogen and oxygen atoms in total. The van der Waals surface area contributed by atoms with Crippen LogP contribution in [0.1, 0.15) is 42.5 Å². The van der Waals surface area contributed by atoms with Crippen LogP contribution in [0.3, 0.4) is 0 Å². The first-order chi connectivity index (χ1) is 10.3. The van der Waals surface area contributed by atoms with Crippen LogP contribution in [0.4, 0.5) is 0 Å². The van der Waals surface area contributed by atoms with Gasteiger partial charge in [-0.2, -0.15) is 0 Å². The van der Waals surface area contributed by atoms with E-state index in [0.29, 0.717) is 12.6 Å². The summed E-state index contributed by atoms with van der Waals surface area (Å²) < 4.78 is 11.5. The minimum atomic E-state index is 0.524. The maximum atomic E-state index is 5.94. The lowest BCUT2D eigenvalue weighted by Crippen LogP contribution is -2.16. The van der Waals surface area contributed by atoms with E-state index in [4.69, 9.17) is 9.15 Å². The lowest BCUT2D eigenvalue weighted by Gasteiger charge is -2.10. The second-order valence-electron chi connectivity index (χ2n) is 5.56. The van der Waals surface area contributed by atoms with Crippen molar-refractivity contribution in [3.8, 4) is 5.75 Å². The molecule has 1 fully saturated rings. The van der Waals surface area contributed by atoms with E-state index in [0.717, 1.165) is 41.4 Å². The highest BCUT2D eigenvalue weighted by molar-refractivity contribution is 5.30. The number of aryl methyl sites for hydroxylation is 2. The Balaban J connectivity index is 1.63. The lowest BCUT2D eigenvalue weighted by molar-refractivity contribution is 0.296. The highest BCUT2D eigenvalue weighted by Gasteiger charge is 2.21. The summed E-state index contributed by atoms with van der Waals surface area (Å²) in [7, 11) is 0. The van der Waals surface area contributed by atoms with E-state index in [9.17, 15) is 0 Å². The van der Waals surface area contributed by atoms with Gasteiger partial charge in [-0.05, 0) is 44.4 Å². The van der Waals surface area contributed by atoms with Gasteiger partial charge in [0.1, 0.15) is 18.1 Å². The molecule has 2 aromatic rings. The maximum Gasteiger partial charge on any atom is 0.141 e. The number of nitrogens with one attached hydrogen (secondary N) is 1. The van der Waals surface area contributed by atoms with Crippen LogP contribution >= 0.6 is 0 Å². The van der Waals surface area contributed by atoms with Crippen molar-refractivity contribution in [1.82, 2.24) is 10.3 Å². The summed E-state index contributed by atoms with van der Waals surface area (Å²) in [5.74, 6) is 1.84. The van der Waals surface area contributed by atoms with Crippen molar-refractivity contribution in [1.29, 1.82) is 0 Å². The predicted molar refractivity (Wildman–Crippen MR) is 81.3 cm³/mol. The number of pyridine rings is 1. The van der Waals surface area contributed by atoms with Crippen LogP contribution in [0.2, 0.25) is 0 Å². The van der Waals surface area contributed by atoms with Crippen molar-refractivity contribution >= 4 is 0 Å². The molecule has 0 radical (unpaired) electrons. The van der Waals surface area contributed by atoms with Crippen LogP contribution in [0.25, 0.3) is 0 Å². The smallest absolute Gasteiger partial charge is 0.141 e. The average Bonchev–Trinajstić information content (AvgIpc) is 3.22. The van der Waals surface area contributed by atoms with Gasteiger partial charge in [-0.1, -0.05) is 6.92 Å². The Bertz CT molecular complexity index is 603. The molecule has 1 N–H and O–H groups in total. The first-order valence-corrected chi connectivity index (χ1v) is 7.64. The molecule has 1 aliphatic carbocycles. The molecule has 0 aliphatic heterocycles. The molecule has 112 valence electrons. The summed E-state index contributed by atoms with van der Waals surface area (Å²) in [5.41, 5.74) is 3.14. The molecule has 3 rings (SSSR count). The molecule has 0 bridgehead atoms. The Morgan fingerprint density at radius 3 is 2.95 bits per heavy atom. The second kappa shape index (κ2) is 6.31. The topological polar surface area (TPSA) is 47.3 Å². The third kappa shape index (κ3) is 3.64. The molecule has 0 atom stereocenters. The van der Waals surface area contributed by atoms with Gasteiger partial charge >= 0.3 is 0 Å². The molecule has 21 heavy (non-hydrogen) atoms. The highest BCUT2D eigenvalue weighted by Crippen LogP contribution is 2.22. The summed E-state index contributed by atoms with van der Waals surface area (Å²) in [4.78, 5) is 4.52. The minimum Gasteiger partial charge on any atom is -0.487 e. The molecule has 1 aliphatic rings. The Morgan fingerprint density at radius 1 is 1.33 bits per heavy atom. The van der Waals surface area contributed by atoms with Gasteiger partial charge in [0.25, 0.3) is 0 Å². The molecule has 4 heteroatoms. The fourth-order valence-electron chi connectivity index (χ4n) is 2.31. The summed E-state index contributed by atoms with van der Waals surface area (Å²) in [6, 6.07) is 6.65. The quantitative estimate of drug-likeness (QED) is 0.847. The molecular formula is C17H22N2O2. The number of hydrogen-bond acceptors (Lipinski definition) is 4. The summed E-state index contributed by atoms with van der Waals surface area (Å²) >= 11 is 0. The number of furan rings is 1. The van der Waals surface area contributed by atoms with Gasteiger partial charge in [-0.25, -0.2) is 0 Å². The second-order valence-corrected chi connectivity index (χ2v) is 5.56. The Morgan fingerprint density at radius 2 is 2.19 bits per heavy atom. The number of ether oxygens (including phenoxy) is 1. The fraction of sp³-hybridized carbons (Fsp3) is 0.471. The van der Waals surface area contributed by atoms with Crippen molar-refractivity contribution in [2.24, 2.45) is 0 Å². The summed E-state index contributed by atoms with van der Waals surface area (Å²) in [5, 5.41) is 3.47. The summed E-state index contributed by atoms with van der Waals surface area (Å²) in [6.07, 6.45) is 5.16. The molecule has 0 amide bonds. The minimum absolute atomic E-state index is 0.524. The predicted octanol–water partition coefficient (Wildman–Crippen LogP) is 3.38. The van der Waals surface area contributed by atoms with E-state index in [1.165, 1.54) is 12.8 Å². The molecule has 2 aromatic heterocycles. The third-order valence-corrected chi connectivity index (χ3v) is 3.76. The van der Waals surface area contributed by atoms with Gasteiger partial charge in [0.05, 0.1) is 18.5 Å². The zero-order valence-electron chi connectivity index (χ0n) is 12.7. The SMILES string of the molecule is CCc1nc(C)ccc1OCc1ccoc1CNC1CC1. The van der Waals surface area contributed by atoms with E-state index in [1.807, 2.05) is 25.1 Å². The van der Waals surface area contributed by atoms with Crippen molar-refractivity contribution in [2.75, 3.05) is 0 Å². The van der Waals surface area contributed by atoms with Gasteiger partial charge in [-0.3, -0.25) is 4.98 Å². The van der Waals surface area contributed by atoms with Crippen molar-refractivity contribution < 1.29 is 9.15 Å². The Labute approximate surface area is 125 Å². The Hall–Kier alpha value is -1.81.